The summed E-state index contributed by atoms with van der Waals surface area (Å²) in [6, 6.07) is 9.72. The van der Waals surface area contributed by atoms with Crippen molar-refractivity contribution in [3.63, 3.8) is 0 Å². The lowest BCUT2D eigenvalue weighted by Crippen LogP contribution is -2.32. The van der Waals surface area contributed by atoms with Gasteiger partial charge in [-0.3, -0.25) is 9.59 Å². The Kier molecular flexibility index (Phi) is 5.58. The van der Waals surface area contributed by atoms with Gasteiger partial charge in [-0.1, -0.05) is 26.0 Å². The molecule has 1 fully saturated rings. The molecular weight excluding hydrogens is 361 g/mol. The Morgan fingerprint density at radius 1 is 1.21 bits per heavy atom. The number of carbonyl (C=O) groups excluding carboxylic acids is 2. The summed E-state index contributed by atoms with van der Waals surface area (Å²) in [5.74, 6) is -0.660. The Morgan fingerprint density at radius 2 is 1.93 bits per heavy atom. The van der Waals surface area contributed by atoms with Gasteiger partial charge in [-0.2, -0.15) is 0 Å². The zero-order valence-corrected chi connectivity index (χ0v) is 16.0. The highest BCUT2D eigenvalue weighted by Crippen LogP contribution is 2.24. The Labute approximate surface area is 163 Å². The van der Waals surface area contributed by atoms with Crippen LogP contribution >= 0.6 is 0 Å². The topological polar surface area (TPSA) is 101 Å². The van der Waals surface area contributed by atoms with Crippen LogP contribution in [-0.2, 0) is 10.2 Å². The molecule has 2 heterocycles. The molecule has 2 aromatic rings. The zero-order chi connectivity index (χ0) is 20.3. The minimum absolute atomic E-state index is 0.230. The van der Waals surface area contributed by atoms with Crippen LogP contribution in [0.15, 0.2) is 36.4 Å². The maximum absolute atomic E-state index is 13.1. The number of nitrogens with one attached hydrogen (secondary N) is 1. The molecule has 1 aromatic carbocycles. The van der Waals surface area contributed by atoms with E-state index in [4.69, 9.17) is 5.73 Å². The van der Waals surface area contributed by atoms with E-state index in [1.165, 1.54) is 12.1 Å². The molecule has 3 N–H and O–H groups in total. The van der Waals surface area contributed by atoms with Crippen LogP contribution in [0.4, 0.5) is 10.2 Å². The molecule has 8 heteroatoms. The van der Waals surface area contributed by atoms with Crippen LogP contribution in [0, 0.1) is 11.7 Å². The quantitative estimate of drug-likeness (QED) is 0.791. The summed E-state index contributed by atoms with van der Waals surface area (Å²) in [6.07, 6.45) is 0.576. The second-order valence-corrected chi connectivity index (χ2v) is 7.69. The number of nitrogens with zero attached hydrogens (tertiary/aromatic N) is 3. The molecule has 1 atom stereocenters. The van der Waals surface area contributed by atoms with E-state index in [1.54, 1.807) is 29.2 Å². The average Bonchev–Trinajstić information content (AvgIpc) is 3.17. The van der Waals surface area contributed by atoms with Gasteiger partial charge in [-0.25, -0.2) is 4.39 Å². The molecule has 1 aromatic heterocycles. The van der Waals surface area contributed by atoms with E-state index in [9.17, 15) is 14.0 Å². The maximum atomic E-state index is 13.1. The van der Waals surface area contributed by atoms with Crippen LogP contribution < -0.4 is 11.1 Å². The smallest absolute Gasteiger partial charge is 0.274 e. The van der Waals surface area contributed by atoms with E-state index >= 15 is 0 Å². The van der Waals surface area contributed by atoms with E-state index in [-0.39, 0.29) is 34.7 Å². The van der Waals surface area contributed by atoms with Crippen LogP contribution in [-0.4, -0.2) is 46.5 Å². The molecule has 0 radical (unpaired) electrons. The van der Waals surface area contributed by atoms with Gasteiger partial charge in [-0.05, 0) is 36.2 Å². The number of amides is 2. The molecule has 0 spiro atoms. The lowest BCUT2D eigenvalue weighted by molar-refractivity contribution is -0.121. The van der Waals surface area contributed by atoms with E-state index < -0.39 is 0 Å². The van der Waals surface area contributed by atoms with E-state index in [0.29, 0.717) is 31.9 Å². The molecule has 2 amide bonds. The second kappa shape index (κ2) is 7.92. The number of benzene rings is 1. The Hall–Kier alpha value is -3.03. The molecule has 0 bridgehead atoms. The fourth-order valence-electron chi connectivity index (χ4n) is 3.19. The minimum Gasteiger partial charge on any atom is -0.369 e. The molecule has 1 saturated heterocycles. The van der Waals surface area contributed by atoms with Crippen LogP contribution in [0.2, 0.25) is 0 Å². The summed E-state index contributed by atoms with van der Waals surface area (Å²) in [5.41, 5.74) is 6.29. The van der Waals surface area contributed by atoms with Gasteiger partial charge < -0.3 is 16.0 Å². The standard InChI is InChI=1S/C20H24FN5O2/c1-20(2,14-3-5-15(21)6-4-14)12-23-17-8-7-16(24-25-17)19(28)26-10-9-13(11-26)18(22)27/h3-8,13H,9-12H2,1-2H3,(H2,22,27)(H,23,25). The lowest BCUT2D eigenvalue weighted by Gasteiger charge is -2.26. The minimum atomic E-state index is -0.385. The van der Waals surface area contributed by atoms with Gasteiger partial charge in [0.25, 0.3) is 5.91 Å². The number of aromatic nitrogens is 2. The third-order valence-electron chi connectivity index (χ3n) is 5.10. The van der Waals surface area contributed by atoms with Crippen LogP contribution in [0.5, 0.6) is 0 Å². The molecule has 28 heavy (non-hydrogen) atoms. The fraction of sp³-hybridized carbons (Fsp3) is 0.400. The Bertz CT molecular complexity index is 852. The van der Waals surface area contributed by atoms with Crippen molar-refractivity contribution in [3.05, 3.63) is 53.5 Å². The summed E-state index contributed by atoms with van der Waals surface area (Å²) in [7, 11) is 0. The Balaban J connectivity index is 1.59. The van der Waals surface area contributed by atoms with Gasteiger partial charge in [0.05, 0.1) is 5.92 Å². The van der Waals surface area contributed by atoms with Crippen molar-refractivity contribution in [2.45, 2.75) is 25.7 Å². The molecule has 1 aliphatic heterocycles. The van der Waals surface area contributed by atoms with Crippen molar-refractivity contribution in [1.82, 2.24) is 15.1 Å². The molecule has 7 nitrogen and oxygen atoms in total. The first-order valence-corrected chi connectivity index (χ1v) is 9.18. The predicted octanol–water partition coefficient (Wildman–Crippen LogP) is 1.95. The molecule has 0 saturated carbocycles. The highest BCUT2D eigenvalue weighted by molar-refractivity contribution is 5.93. The molecule has 0 aliphatic carbocycles. The molecular formula is C20H24FN5O2. The van der Waals surface area contributed by atoms with Gasteiger partial charge in [0.2, 0.25) is 5.91 Å². The first kappa shape index (κ1) is 19.7. The number of carbonyl (C=O) groups is 2. The van der Waals surface area contributed by atoms with Crippen molar-refractivity contribution >= 4 is 17.6 Å². The SMILES string of the molecule is CC(C)(CNc1ccc(C(=O)N2CCC(C(N)=O)C2)nn1)c1ccc(F)cc1. The summed E-state index contributed by atoms with van der Waals surface area (Å²) in [5, 5.41) is 11.3. The van der Waals surface area contributed by atoms with Crippen molar-refractivity contribution in [2.75, 3.05) is 25.0 Å². The van der Waals surface area contributed by atoms with Gasteiger partial charge in [0.1, 0.15) is 11.6 Å². The number of primary amides is 1. The monoisotopic (exact) mass is 385 g/mol. The van der Waals surface area contributed by atoms with Crippen LogP contribution in [0.1, 0.15) is 36.3 Å². The van der Waals surface area contributed by atoms with Crippen molar-refractivity contribution in [3.8, 4) is 0 Å². The summed E-state index contributed by atoms with van der Waals surface area (Å²) in [6.45, 7) is 5.46. The summed E-state index contributed by atoms with van der Waals surface area (Å²) >= 11 is 0. The van der Waals surface area contributed by atoms with Crippen molar-refractivity contribution in [2.24, 2.45) is 11.7 Å². The predicted molar refractivity (Wildman–Crippen MR) is 103 cm³/mol. The number of nitrogens with two attached hydrogens (primary N) is 1. The molecule has 148 valence electrons. The normalized spacial score (nSPS) is 16.8. The number of anilines is 1. The highest BCUT2D eigenvalue weighted by Gasteiger charge is 2.30. The van der Waals surface area contributed by atoms with Crippen LogP contribution in [0.3, 0.4) is 0 Å². The second-order valence-electron chi connectivity index (χ2n) is 7.69. The third-order valence-corrected chi connectivity index (χ3v) is 5.10. The lowest BCUT2D eigenvalue weighted by atomic mass is 9.84. The maximum Gasteiger partial charge on any atom is 0.274 e. The fourth-order valence-corrected chi connectivity index (χ4v) is 3.19. The summed E-state index contributed by atoms with van der Waals surface area (Å²) < 4.78 is 13.1. The van der Waals surface area contributed by atoms with Gasteiger partial charge >= 0.3 is 0 Å². The number of rotatable bonds is 6. The van der Waals surface area contributed by atoms with Crippen LogP contribution in [0.25, 0.3) is 0 Å². The van der Waals surface area contributed by atoms with Gasteiger partial charge in [0.15, 0.2) is 5.69 Å². The first-order chi connectivity index (χ1) is 13.3. The van der Waals surface area contributed by atoms with Crippen molar-refractivity contribution in [1.29, 1.82) is 0 Å². The number of halogens is 1. The summed E-state index contributed by atoms with van der Waals surface area (Å²) in [4.78, 5) is 25.3. The highest BCUT2D eigenvalue weighted by atomic mass is 19.1. The van der Waals surface area contributed by atoms with Gasteiger partial charge in [0, 0.05) is 25.0 Å². The molecule has 3 rings (SSSR count). The average molecular weight is 385 g/mol. The first-order valence-electron chi connectivity index (χ1n) is 9.18. The van der Waals surface area contributed by atoms with E-state index in [2.05, 4.69) is 15.5 Å². The number of likely N-dealkylation sites (tertiary alicyclic amines) is 1. The molecule has 1 aliphatic rings. The Morgan fingerprint density at radius 3 is 2.50 bits per heavy atom. The van der Waals surface area contributed by atoms with Gasteiger partial charge in [-0.15, -0.1) is 10.2 Å². The van der Waals surface area contributed by atoms with E-state index in [0.717, 1.165) is 5.56 Å². The third kappa shape index (κ3) is 4.44. The van der Waals surface area contributed by atoms with Crippen molar-refractivity contribution < 1.29 is 14.0 Å². The number of hydrogen-bond acceptors (Lipinski definition) is 5. The molecule has 1 unspecified atom stereocenters. The zero-order valence-electron chi connectivity index (χ0n) is 16.0. The van der Waals surface area contributed by atoms with E-state index in [1.807, 2.05) is 13.8 Å². The number of hydrogen-bond donors (Lipinski definition) is 2. The largest absolute Gasteiger partial charge is 0.369 e.